The Morgan fingerprint density at radius 1 is 1.23 bits per heavy atom. The van der Waals surface area contributed by atoms with E-state index in [0.29, 0.717) is 16.3 Å². The van der Waals surface area contributed by atoms with Crippen LogP contribution in [0, 0.1) is 0 Å². The van der Waals surface area contributed by atoms with E-state index in [1.165, 1.54) is 18.3 Å². The Balaban J connectivity index is 1.95. The molecule has 1 heterocycles. The molecule has 0 radical (unpaired) electrons. The third kappa shape index (κ3) is 3.34. The number of hydrogen-bond acceptors (Lipinski definition) is 4. The number of nitrogens with one attached hydrogen (secondary N) is 2. The second-order valence-electron chi connectivity index (χ2n) is 7.78. The third-order valence-electron chi connectivity index (χ3n) is 6.05. The first kappa shape index (κ1) is 21.5. The lowest BCUT2D eigenvalue weighted by Crippen LogP contribution is -2.55. The predicted molar refractivity (Wildman–Crippen MR) is 113 cm³/mol. The summed E-state index contributed by atoms with van der Waals surface area (Å²) in [6.07, 6.45) is -3.92. The molecule has 4 N–H and O–H groups in total. The van der Waals surface area contributed by atoms with Crippen molar-refractivity contribution in [3.05, 3.63) is 69.1 Å². The number of aromatic nitrogens is 1. The minimum Gasteiger partial charge on any atom is -0.506 e. The molecule has 9 heteroatoms. The highest BCUT2D eigenvalue weighted by atomic mass is 35.5. The van der Waals surface area contributed by atoms with Gasteiger partial charge in [-0.25, -0.2) is 0 Å². The Morgan fingerprint density at radius 2 is 1.97 bits per heavy atom. The molecule has 0 spiro atoms. The Labute approximate surface area is 180 Å². The summed E-state index contributed by atoms with van der Waals surface area (Å²) in [5.74, 6) is -1.02. The largest absolute Gasteiger partial charge is 0.506 e. The fraction of sp³-hybridized carbons (Fsp3) is 0.318. The molecule has 164 valence electrons. The van der Waals surface area contributed by atoms with Crippen LogP contribution in [0.25, 0.3) is 10.8 Å². The number of aliphatic hydroxyl groups is 1. The monoisotopic (exact) mass is 452 g/mol. The van der Waals surface area contributed by atoms with E-state index >= 15 is 0 Å². The van der Waals surface area contributed by atoms with Crippen LogP contribution in [-0.2, 0) is 0 Å². The van der Waals surface area contributed by atoms with Crippen LogP contribution in [0.4, 0.5) is 18.9 Å². The van der Waals surface area contributed by atoms with Crippen LogP contribution in [0.3, 0.4) is 0 Å². The van der Waals surface area contributed by atoms with Crippen LogP contribution in [0.15, 0.2) is 47.4 Å². The summed E-state index contributed by atoms with van der Waals surface area (Å²) in [5, 5.41) is 25.1. The summed E-state index contributed by atoms with van der Waals surface area (Å²) in [4.78, 5) is 14.6. The van der Waals surface area contributed by atoms with Gasteiger partial charge in [-0.3, -0.25) is 4.79 Å². The normalized spacial score (nSPS) is 23.5. The fourth-order valence-corrected chi connectivity index (χ4v) is 4.62. The van der Waals surface area contributed by atoms with Crippen molar-refractivity contribution in [2.45, 2.75) is 43.5 Å². The quantitative estimate of drug-likeness (QED) is 0.438. The van der Waals surface area contributed by atoms with E-state index in [1.807, 2.05) is 0 Å². The highest BCUT2D eigenvalue weighted by Crippen LogP contribution is 2.56. The average molecular weight is 453 g/mol. The number of anilines is 1. The van der Waals surface area contributed by atoms with Crippen LogP contribution < -0.4 is 10.9 Å². The number of phenolic OH excluding ortho intramolecular Hbond substituents is 1. The highest BCUT2D eigenvalue weighted by molar-refractivity contribution is 6.32. The van der Waals surface area contributed by atoms with Crippen molar-refractivity contribution in [1.82, 2.24) is 4.98 Å². The van der Waals surface area contributed by atoms with E-state index in [9.17, 15) is 28.2 Å². The molecule has 1 aromatic heterocycles. The van der Waals surface area contributed by atoms with Gasteiger partial charge in [-0.2, -0.15) is 13.2 Å². The molecule has 1 unspecified atom stereocenters. The molecule has 3 atom stereocenters. The summed E-state index contributed by atoms with van der Waals surface area (Å²) in [7, 11) is 0. The lowest BCUT2D eigenvalue weighted by Gasteiger charge is -2.46. The van der Waals surface area contributed by atoms with Crippen molar-refractivity contribution in [3.8, 4) is 5.75 Å². The first-order valence-corrected chi connectivity index (χ1v) is 10.1. The zero-order chi connectivity index (χ0) is 22.6. The first-order valence-electron chi connectivity index (χ1n) is 9.75. The molecule has 0 fully saturated rings. The minimum atomic E-state index is -4.95. The molecule has 0 bridgehead atoms. The molecular weight excluding hydrogens is 433 g/mol. The summed E-state index contributed by atoms with van der Waals surface area (Å²) < 4.78 is 42.6. The highest BCUT2D eigenvalue weighted by Gasteiger charge is 2.62. The van der Waals surface area contributed by atoms with E-state index in [2.05, 4.69) is 10.3 Å². The van der Waals surface area contributed by atoms with Gasteiger partial charge in [0.25, 0.3) is 5.56 Å². The molecule has 0 aliphatic heterocycles. The topological polar surface area (TPSA) is 85.4 Å². The van der Waals surface area contributed by atoms with E-state index in [1.54, 1.807) is 31.2 Å². The van der Waals surface area contributed by atoms with Crippen molar-refractivity contribution in [2.75, 3.05) is 5.32 Å². The number of rotatable bonds is 3. The number of hydrogen-bond donors (Lipinski definition) is 4. The second-order valence-corrected chi connectivity index (χ2v) is 8.19. The number of halogens is 4. The number of aromatic hydroxyl groups is 1. The van der Waals surface area contributed by atoms with Crippen molar-refractivity contribution in [2.24, 2.45) is 0 Å². The molecule has 0 saturated heterocycles. The van der Waals surface area contributed by atoms with Gasteiger partial charge in [0.2, 0.25) is 0 Å². The van der Waals surface area contributed by atoms with Gasteiger partial charge < -0.3 is 20.5 Å². The summed E-state index contributed by atoms with van der Waals surface area (Å²) in [6, 6.07) is 7.30. The van der Waals surface area contributed by atoms with Gasteiger partial charge in [-0.1, -0.05) is 30.7 Å². The Kier molecular flexibility index (Phi) is 5.18. The summed E-state index contributed by atoms with van der Waals surface area (Å²) in [6.45, 7) is 1.69. The smallest absolute Gasteiger partial charge is 0.419 e. The fourth-order valence-electron chi connectivity index (χ4n) is 4.46. The van der Waals surface area contributed by atoms with E-state index < -0.39 is 30.2 Å². The predicted octanol–water partition coefficient (Wildman–Crippen LogP) is 5.23. The Morgan fingerprint density at radius 3 is 2.65 bits per heavy atom. The van der Waals surface area contributed by atoms with Crippen molar-refractivity contribution >= 4 is 28.1 Å². The SMILES string of the molecule is CCC1C[C@](O)(C(F)(F)F)[C@@H](Nc2cccc3c(=O)[nH]ccc23)c2ccc(Cl)c(O)c21. The van der Waals surface area contributed by atoms with Crippen molar-refractivity contribution < 1.29 is 23.4 Å². The van der Waals surface area contributed by atoms with Crippen LogP contribution in [0.5, 0.6) is 5.75 Å². The van der Waals surface area contributed by atoms with Gasteiger partial charge in [-0.15, -0.1) is 0 Å². The zero-order valence-corrected chi connectivity index (χ0v) is 17.2. The summed E-state index contributed by atoms with van der Waals surface area (Å²) >= 11 is 6.04. The molecule has 0 saturated carbocycles. The molecule has 5 nitrogen and oxygen atoms in total. The maximum atomic E-state index is 14.2. The van der Waals surface area contributed by atoms with Crippen molar-refractivity contribution in [3.63, 3.8) is 0 Å². The third-order valence-corrected chi connectivity index (χ3v) is 6.36. The molecule has 0 amide bonds. The number of H-pyrrole nitrogens is 1. The standard InChI is InChI=1S/C22H20ClF3N2O3/c1-2-11-10-21(31,22(24,25)26)19(14-6-7-15(23)18(29)17(11)14)28-16-5-3-4-13-12(16)8-9-27-20(13)30/h3-9,11,19,28-29,31H,2,10H2,1H3,(H,27,30)/t11?,19-,21+/m0/s1. The lowest BCUT2D eigenvalue weighted by atomic mass is 9.69. The maximum Gasteiger partial charge on any atom is 0.419 e. The molecule has 1 aliphatic rings. The van der Waals surface area contributed by atoms with Gasteiger partial charge >= 0.3 is 6.18 Å². The minimum absolute atomic E-state index is 0.0325. The van der Waals surface area contributed by atoms with E-state index in [4.69, 9.17) is 11.6 Å². The van der Waals surface area contributed by atoms with Gasteiger partial charge in [0.15, 0.2) is 5.60 Å². The van der Waals surface area contributed by atoms with Gasteiger partial charge in [0.05, 0.1) is 11.1 Å². The van der Waals surface area contributed by atoms with Crippen LogP contribution in [-0.4, -0.2) is 27.0 Å². The molecule has 31 heavy (non-hydrogen) atoms. The van der Waals surface area contributed by atoms with Crippen molar-refractivity contribution in [1.29, 1.82) is 0 Å². The number of pyridine rings is 1. The molecule has 4 rings (SSSR count). The molecular formula is C22H20ClF3N2O3. The first-order chi connectivity index (χ1) is 14.6. The Bertz CT molecular complexity index is 1210. The van der Waals surface area contributed by atoms with E-state index in [0.717, 1.165) is 0 Å². The number of aromatic amines is 1. The number of fused-ring (bicyclic) bond motifs is 2. The maximum absolute atomic E-state index is 14.2. The van der Waals surface area contributed by atoms with E-state index in [-0.39, 0.29) is 34.0 Å². The lowest BCUT2D eigenvalue weighted by molar-refractivity contribution is -0.272. The number of phenols is 1. The molecule has 1 aliphatic carbocycles. The van der Waals surface area contributed by atoms with Crippen LogP contribution in [0.1, 0.15) is 42.9 Å². The number of benzene rings is 2. The van der Waals surface area contributed by atoms with Gasteiger partial charge in [0, 0.05) is 28.2 Å². The molecule has 3 aromatic rings. The number of alkyl halides is 3. The van der Waals surface area contributed by atoms with Gasteiger partial charge in [-0.05, 0) is 48.6 Å². The van der Waals surface area contributed by atoms with Crippen LogP contribution in [0.2, 0.25) is 5.02 Å². The zero-order valence-electron chi connectivity index (χ0n) is 16.4. The second kappa shape index (κ2) is 7.46. The molecule has 2 aromatic carbocycles. The van der Waals surface area contributed by atoms with Gasteiger partial charge in [0.1, 0.15) is 5.75 Å². The summed E-state index contributed by atoms with van der Waals surface area (Å²) in [5.41, 5.74) is -2.83. The van der Waals surface area contributed by atoms with Crippen LogP contribution >= 0.6 is 11.6 Å². The Hall–Kier alpha value is -2.71. The average Bonchev–Trinajstić information content (AvgIpc) is 2.72.